The molecule has 0 N–H and O–H groups in total. The van der Waals surface area contributed by atoms with Crippen LogP contribution in [0.3, 0.4) is 0 Å². The molecule has 0 aliphatic heterocycles. The summed E-state index contributed by atoms with van der Waals surface area (Å²) in [7, 11) is 5.18. The van der Waals surface area contributed by atoms with Gasteiger partial charge in [-0.15, -0.1) is 0 Å². The van der Waals surface area contributed by atoms with Gasteiger partial charge < -0.3 is 14.2 Å². The molecule has 7 rings (SSSR count). The monoisotopic (exact) mass is 510 g/mol. The first kappa shape index (κ1) is 23.6. The molecule has 0 fully saturated rings. The average molecular weight is 511 g/mol. The van der Waals surface area contributed by atoms with Gasteiger partial charge in [-0.2, -0.15) is 0 Å². The lowest BCUT2D eigenvalue weighted by molar-refractivity contribution is 0.355. The summed E-state index contributed by atoms with van der Waals surface area (Å²) in [5.74, 6) is 2.48. The van der Waals surface area contributed by atoms with E-state index >= 15 is 0 Å². The van der Waals surface area contributed by atoms with Crippen molar-refractivity contribution in [2.24, 2.45) is 0 Å². The Morgan fingerprint density at radius 2 is 1.44 bits per heavy atom. The van der Waals surface area contributed by atoms with Crippen molar-refractivity contribution in [2.45, 2.75) is 19.3 Å². The fourth-order valence-electron chi connectivity index (χ4n) is 6.81. The normalized spacial score (nSPS) is 15.2. The van der Waals surface area contributed by atoms with Crippen molar-refractivity contribution >= 4 is 21.9 Å². The Hall–Kier alpha value is -4.50. The lowest BCUT2D eigenvalue weighted by atomic mass is 9.80. The van der Waals surface area contributed by atoms with Crippen LogP contribution in [0.2, 0.25) is 0 Å². The van der Waals surface area contributed by atoms with E-state index in [1.165, 1.54) is 60.9 Å². The number of ether oxygens (including phenoxy) is 3. The Kier molecular flexibility index (Phi) is 5.48. The molecule has 0 radical (unpaired) electrons. The highest BCUT2D eigenvalue weighted by Gasteiger charge is 2.37. The number of allylic oxidation sites excluding steroid dienone is 2. The molecule has 3 nitrogen and oxygen atoms in total. The predicted molar refractivity (Wildman–Crippen MR) is 159 cm³/mol. The first-order valence-corrected chi connectivity index (χ1v) is 13.4. The first-order valence-electron chi connectivity index (χ1n) is 13.4. The Bertz CT molecular complexity index is 1810. The van der Waals surface area contributed by atoms with Gasteiger partial charge in [0.05, 0.1) is 21.3 Å². The van der Waals surface area contributed by atoms with Crippen LogP contribution in [-0.4, -0.2) is 21.3 Å². The molecular weight excluding hydrogens is 480 g/mol. The van der Waals surface area contributed by atoms with Crippen molar-refractivity contribution in [1.82, 2.24) is 0 Å². The molecule has 0 spiro atoms. The summed E-state index contributed by atoms with van der Waals surface area (Å²) in [6.45, 7) is 2.27. The maximum absolute atomic E-state index is 6.00. The van der Waals surface area contributed by atoms with E-state index < -0.39 is 0 Å². The van der Waals surface area contributed by atoms with E-state index in [4.69, 9.17) is 14.2 Å². The summed E-state index contributed by atoms with van der Waals surface area (Å²) in [6, 6.07) is 32.7. The van der Waals surface area contributed by atoms with E-state index in [9.17, 15) is 0 Å². The third kappa shape index (κ3) is 3.43. The average Bonchev–Trinajstić information content (AvgIpc) is 3.51. The molecule has 1 unspecified atom stereocenters. The second kappa shape index (κ2) is 9.06. The maximum atomic E-state index is 6.00. The van der Waals surface area contributed by atoms with Crippen LogP contribution in [0.1, 0.15) is 46.2 Å². The highest BCUT2D eigenvalue weighted by atomic mass is 16.5. The number of methoxy groups -OCH3 is 3. The van der Waals surface area contributed by atoms with Crippen molar-refractivity contribution in [3.05, 3.63) is 124 Å². The van der Waals surface area contributed by atoms with Gasteiger partial charge in [0.15, 0.2) is 11.5 Å². The SMILES string of the molecule is COc1ccc2c(c1)Cc1c(C3C(c4cccc5ccccc45)=C(C)c4ccccc43)cc(OC)c(OC)c1-2. The molecule has 0 saturated carbocycles. The van der Waals surface area contributed by atoms with Crippen molar-refractivity contribution < 1.29 is 14.2 Å². The minimum absolute atomic E-state index is 0.0665. The number of benzene rings is 5. The van der Waals surface area contributed by atoms with Gasteiger partial charge in [0, 0.05) is 11.5 Å². The van der Waals surface area contributed by atoms with Gasteiger partial charge in [0.1, 0.15) is 5.75 Å². The number of rotatable bonds is 5. The molecule has 0 amide bonds. The van der Waals surface area contributed by atoms with Crippen molar-refractivity contribution in [3.8, 4) is 28.4 Å². The van der Waals surface area contributed by atoms with Crippen LogP contribution >= 0.6 is 0 Å². The molecule has 39 heavy (non-hydrogen) atoms. The molecule has 5 aromatic carbocycles. The predicted octanol–water partition coefficient (Wildman–Crippen LogP) is 8.51. The van der Waals surface area contributed by atoms with Crippen LogP contribution in [0.15, 0.2) is 91.0 Å². The number of hydrogen-bond acceptors (Lipinski definition) is 3. The van der Waals surface area contributed by atoms with E-state index in [0.717, 1.165) is 29.2 Å². The molecule has 5 aromatic rings. The Morgan fingerprint density at radius 3 is 2.26 bits per heavy atom. The van der Waals surface area contributed by atoms with Gasteiger partial charge in [0.2, 0.25) is 0 Å². The minimum atomic E-state index is 0.0665. The van der Waals surface area contributed by atoms with Gasteiger partial charge in [0.25, 0.3) is 0 Å². The van der Waals surface area contributed by atoms with Crippen LogP contribution in [0.4, 0.5) is 0 Å². The van der Waals surface area contributed by atoms with Crippen LogP contribution in [0, 0.1) is 0 Å². The van der Waals surface area contributed by atoms with E-state index in [2.05, 4.69) is 91.9 Å². The summed E-state index contributed by atoms with van der Waals surface area (Å²) < 4.78 is 17.6. The number of hydrogen-bond donors (Lipinski definition) is 0. The van der Waals surface area contributed by atoms with Gasteiger partial charge in [-0.3, -0.25) is 0 Å². The molecule has 2 aliphatic rings. The Labute approximate surface area is 229 Å². The third-order valence-electron chi connectivity index (χ3n) is 8.52. The van der Waals surface area contributed by atoms with Crippen LogP contribution in [-0.2, 0) is 6.42 Å². The molecular formula is C36H30O3. The maximum Gasteiger partial charge on any atom is 0.168 e. The van der Waals surface area contributed by atoms with Crippen molar-refractivity contribution in [3.63, 3.8) is 0 Å². The van der Waals surface area contributed by atoms with Crippen molar-refractivity contribution in [1.29, 1.82) is 0 Å². The molecule has 192 valence electrons. The molecule has 0 bridgehead atoms. The highest BCUT2D eigenvalue weighted by molar-refractivity contribution is 6.07. The van der Waals surface area contributed by atoms with Gasteiger partial charge in [-0.05, 0) is 92.4 Å². The topological polar surface area (TPSA) is 27.7 Å². The zero-order valence-electron chi connectivity index (χ0n) is 22.7. The zero-order chi connectivity index (χ0) is 26.7. The van der Waals surface area contributed by atoms with Crippen LogP contribution < -0.4 is 14.2 Å². The van der Waals surface area contributed by atoms with E-state index in [0.29, 0.717) is 0 Å². The first-order chi connectivity index (χ1) is 19.1. The van der Waals surface area contributed by atoms with Crippen molar-refractivity contribution in [2.75, 3.05) is 21.3 Å². The van der Waals surface area contributed by atoms with Crippen LogP contribution in [0.25, 0.3) is 33.0 Å². The van der Waals surface area contributed by atoms with Gasteiger partial charge in [-0.1, -0.05) is 72.8 Å². The number of fused-ring (bicyclic) bond motifs is 5. The fraction of sp³-hybridized carbons (Fsp3) is 0.167. The highest BCUT2D eigenvalue weighted by Crippen LogP contribution is 2.57. The fourth-order valence-corrected chi connectivity index (χ4v) is 6.81. The third-order valence-corrected chi connectivity index (χ3v) is 8.52. The summed E-state index contributed by atoms with van der Waals surface area (Å²) in [4.78, 5) is 0. The van der Waals surface area contributed by atoms with E-state index in [1.807, 2.05) is 6.07 Å². The quantitative estimate of drug-likeness (QED) is 0.233. The Balaban J connectivity index is 1.54. The van der Waals surface area contributed by atoms with Gasteiger partial charge in [-0.25, -0.2) is 0 Å². The summed E-state index contributed by atoms with van der Waals surface area (Å²) in [5.41, 5.74) is 12.7. The van der Waals surface area contributed by atoms with Gasteiger partial charge >= 0.3 is 0 Å². The Morgan fingerprint density at radius 1 is 0.667 bits per heavy atom. The largest absolute Gasteiger partial charge is 0.497 e. The lowest BCUT2D eigenvalue weighted by Crippen LogP contribution is -2.07. The summed E-state index contributed by atoms with van der Waals surface area (Å²) >= 11 is 0. The molecule has 0 saturated heterocycles. The summed E-state index contributed by atoms with van der Waals surface area (Å²) in [5, 5.41) is 2.53. The lowest BCUT2D eigenvalue weighted by Gasteiger charge is -2.24. The van der Waals surface area contributed by atoms with E-state index in [-0.39, 0.29) is 5.92 Å². The second-order valence-corrected chi connectivity index (χ2v) is 10.3. The van der Waals surface area contributed by atoms with Crippen LogP contribution in [0.5, 0.6) is 17.2 Å². The second-order valence-electron chi connectivity index (χ2n) is 10.3. The van der Waals surface area contributed by atoms with E-state index in [1.54, 1.807) is 21.3 Å². The molecule has 3 heteroatoms. The molecule has 2 aliphatic carbocycles. The summed E-state index contributed by atoms with van der Waals surface area (Å²) in [6.07, 6.45) is 0.818. The molecule has 0 aromatic heterocycles. The minimum Gasteiger partial charge on any atom is -0.497 e. The zero-order valence-corrected chi connectivity index (χ0v) is 22.7. The molecule has 1 atom stereocenters. The molecule has 0 heterocycles. The smallest absolute Gasteiger partial charge is 0.168 e. The standard InChI is InChI=1S/C36H30O3/c1-21-25-12-7-8-14-28(25)34(33(21)29-15-9-11-22-10-5-6-13-26(22)29)31-20-32(38-3)36(39-4)35-27-17-16-24(37-2)18-23(27)19-30(31)35/h5-18,20,34H,19H2,1-4H3.